The van der Waals surface area contributed by atoms with Crippen molar-refractivity contribution in [2.24, 2.45) is 0 Å². The third-order valence-corrected chi connectivity index (χ3v) is 3.93. The molecule has 7 heteroatoms. The van der Waals surface area contributed by atoms with Crippen LogP contribution in [0.5, 0.6) is 0 Å². The molecule has 3 rings (SSSR count). The van der Waals surface area contributed by atoms with Crippen LogP contribution in [0.2, 0.25) is 0 Å². The summed E-state index contributed by atoms with van der Waals surface area (Å²) >= 11 is 1.37. The summed E-state index contributed by atoms with van der Waals surface area (Å²) in [5, 5.41) is 7.92. The molecule has 0 aliphatic carbocycles. The molecule has 2 aromatic rings. The number of nitrogens with zero attached hydrogens (tertiary/aromatic N) is 1. The van der Waals surface area contributed by atoms with Gasteiger partial charge in [-0.3, -0.25) is 9.59 Å². The van der Waals surface area contributed by atoms with E-state index in [1.165, 1.54) is 11.3 Å². The summed E-state index contributed by atoms with van der Waals surface area (Å²) in [6.45, 7) is 0.922. The smallest absolute Gasteiger partial charge is 0.275 e. The summed E-state index contributed by atoms with van der Waals surface area (Å²) in [7, 11) is 1.58. The van der Waals surface area contributed by atoms with E-state index in [-0.39, 0.29) is 11.8 Å². The Kier molecular flexibility index (Phi) is 3.68. The zero-order valence-electron chi connectivity index (χ0n) is 11.3. The van der Waals surface area contributed by atoms with Crippen molar-refractivity contribution in [3.63, 3.8) is 0 Å². The summed E-state index contributed by atoms with van der Waals surface area (Å²) in [5.74, 6) is -0.413. The molecule has 2 N–H and O–H groups in total. The number of ether oxygens (including phenoxy) is 1. The van der Waals surface area contributed by atoms with Gasteiger partial charge in [0.1, 0.15) is 10.7 Å². The first-order chi connectivity index (χ1) is 10.2. The van der Waals surface area contributed by atoms with Crippen LogP contribution >= 0.6 is 11.3 Å². The maximum Gasteiger partial charge on any atom is 0.275 e. The highest BCUT2D eigenvalue weighted by Gasteiger charge is 2.19. The van der Waals surface area contributed by atoms with Gasteiger partial charge in [0, 0.05) is 30.3 Å². The lowest BCUT2D eigenvalue weighted by molar-refractivity contribution is 0.0964. The number of thiazole rings is 1. The van der Waals surface area contributed by atoms with Crippen LogP contribution in [0, 0.1) is 0 Å². The van der Waals surface area contributed by atoms with Gasteiger partial charge in [-0.2, -0.15) is 0 Å². The van der Waals surface area contributed by atoms with Gasteiger partial charge >= 0.3 is 0 Å². The standard InChI is InChI=1S/C14H13N3O3S/c1-20-6-12-17-11(7-21-12)14(19)16-9-3-2-8-5-15-13(18)10(8)4-9/h2-4,7H,5-6H2,1H3,(H,15,18)(H,16,19). The summed E-state index contributed by atoms with van der Waals surface area (Å²) in [4.78, 5) is 27.9. The number of methoxy groups -OCH3 is 1. The molecule has 6 nitrogen and oxygen atoms in total. The van der Waals surface area contributed by atoms with Crippen LogP contribution < -0.4 is 10.6 Å². The van der Waals surface area contributed by atoms with E-state index < -0.39 is 0 Å². The minimum atomic E-state index is -0.299. The number of aromatic nitrogens is 1. The summed E-state index contributed by atoms with van der Waals surface area (Å²) in [5.41, 5.74) is 2.47. The Morgan fingerprint density at radius 1 is 1.52 bits per heavy atom. The second-order valence-electron chi connectivity index (χ2n) is 4.57. The van der Waals surface area contributed by atoms with Crippen LogP contribution in [0.25, 0.3) is 0 Å². The number of hydrogen-bond acceptors (Lipinski definition) is 5. The SMILES string of the molecule is COCc1nc(C(=O)Nc2ccc3c(c2)C(=O)NC3)cs1. The van der Waals surface area contributed by atoms with Crippen molar-refractivity contribution in [1.29, 1.82) is 0 Å². The maximum absolute atomic E-state index is 12.1. The van der Waals surface area contributed by atoms with Crippen molar-refractivity contribution in [1.82, 2.24) is 10.3 Å². The molecule has 1 aromatic heterocycles. The normalized spacial score (nSPS) is 12.9. The number of hydrogen-bond donors (Lipinski definition) is 2. The summed E-state index contributed by atoms with van der Waals surface area (Å²) < 4.78 is 4.97. The molecule has 0 saturated carbocycles. The van der Waals surface area contributed by atoms with Gasteiger partial charge in [-0.1, -0.05) is 6.07 Å². The third kappa shape index (κ3) is 2.79. The quantitative estimate of drug-likeness (QED) is 0.902. The van der Waals surface area contributed by atoms with E-state index >= 15 is 0 Å². The van der Waals surface area contributed by atoms with Crippen molar-refractivity contribution in [2.45, 2.75) is 13.2 Å². The van der Waals surface area contributed by atoms with Gasteiger partial charge in [-0.05, 0) is 17.7 Å². The minimum Gasteiger partial charge on any atom is -0.378 e. The van der Waals surface area contributed by atoms with E-state index in [0.717, 1.165) is 10.6 Å². The van der Waals surface area contributed by atoms with Crippen LogP contribution in [0.4, 0.5) is 5.69 Å². The van der Waals surface area contributed by atoms with E-state index in [1.807, 2.05) is 6.07 Å². The van der Waals surface area contributed by atoms with Crippen molar-refractivity contribution >= 4 is 28.8 Å². The highest BCUT2D eigenvalue weighted by atomic mass is 32.1. The number of carbonyl (C=O) groups excluding carboxylic acids is 2. The first-order valence-corrected chi connectivity index (χ1v) is 7.21. The molecule has 0 fully saturated rings. The number of anilines is 1. The zero-order chi connectivity index (χ0) is 14.8. The van der Waals surface area contributed by atoms with Crippen LogP contribution in [0.1, 0.15) is 31.4 Å². The van der Waals surface area contributed by atoms with Gasteiger partial charge in [0.15, 0.2) is 0 Å². The van der Waals surface area contributed by atoms with E-state index in [4.69, 9.17) is 4.74 Å². The van der Waals surface area contributed by atoms with Crippen LogP contribution in [0.3, 0.4) is 0 Å². The van der Waals surface area contributed by atoms with Crippen LogP contribution in [-0.4, -0.2) is 23.9 Å². The second kappa shape index (κ2) is 5.63. The van der Waals surface area contributed by atoms with Crippen LogP contribution in [-0.2, 0) is 17.9 Å². The van der Waals surface area contributed by atoms with E-state index in [0.29, 0.717) is 30.1 Å². The first kappa shape index (κ1) is 13.7. The second-order valence-corrected chi connectivity index (χ2v) is 5.51. The average Bonchev–Trinajstić information content (AvgIpc) is 3.07. The van der Waals surface area contributed by atoms with E-state index in [9.17, 15) is 9.59 Å². The molecule has 2 heterocycles. The van der Waals surface area contributed by atoms with Gasteiger partial charge in [-0.15, -0.1) is 11.3 Å². The lowest BCUT2D eigenvalue weighted by Gasteiger charge is -2.04. The Morgan fingerprint density at radius 3 is 3.19 bits per heavy atom. The predicted octanol–water partition coefficient (Wildman–Crippen LogP) is 1.79. The van der Waals surface area contributed by atoms with Gasteiger partial charge < -0.3 is 15.4 Å². The van der Waals surface area contributed by atoms with Crippen molar-refractivity contribution in [3.8, 4) is 0 Å². The highest BCUT2D eigenvalue weighted by molar-refractivity contribution is 7.09. The highest BCUT2D eigenvalue weighted by Crippen LogP contribution is 2.21. The largest absolute Gasteiger partial charge is 0.378 e. The molecule has 0 bridgehead atoms. The number of nitrogens with one attached hydrogen (secondary N) is 2. The van der Waals surface area contributed by atoms with Gasteiger partial charge in [0.05, 0.1) is 6.61 Å². The Bertz CT molecular complexity index is 711. The Morgan fingerprint density at radius 2 is 2.38 bits per heavy atom. The van der Waals surface area contributed by atoms with E-state index in [1.54, 1.807) is 24.6 Å². The van der Waals surface area contributed by atoms with Crippen molar-refractivity contribution in [3.05, 3.63) is 45.4 Å². The third-order valence-electron chi connectivity index (χ3n) is 3.10. The number of fused-ring (bicyclic) bond motifs is 1. The number of carbonyl (C=O) groups is 2. The van der Waals surface area contributed by atoms with Gasteiger partial charge in [0.25, 0.3) is 11.8 Å². The van der Waals surface area contributed by atoms with Gasteiger partial charge in [-0.25, -0.2) is 4.98 Å². The molecule has 21 heavy (non-hydrogen) atoms. The van der Waals surface area contributed by atoms with Crippen molar-refractivity contribution < 1.29 is 14.3 Å². The lowest BCUT2D eigenvalue weighted by Crippen LogP contribution is -2.14. The average molecular weight is 303 g/mol. The zero-order valence-corrected chi connectivity index (χ0v) is 12.1. The monoisotopic (exact) mass is 303 g/mol. The van der Waals surface area contributed by atoms with Crippen molar-refractivity contribution in [2.75, 3.05) is 12.4 Å². The molecule has 1 aliphatic rings. The number of amides is 2. The lowest BCUT2D eigenvalue weighted by atomic mass is 10.1. The maximum atomic E-state index is 12.1. The Balaban J connectivity index is 1.75. The molecule has 0 atom stereocenters. The molecule has 2 amide bonds. The van der Waals surface area contributed by atoms with Gasteiger partial charge in [0.2, 0.25) is 0 Å². The molecule has 108 valence electrons. The topological polar surface area (TPSA) is 80.3 Å². The number of benzene rings is 1. The molecule has 1 aliphatic heterocycles. The Labute approximate surface area is 125 Å². The Hall–Kier alpha value is -2.25. The molecular formula is C14H13N3O3S. The summed E-state index contributed by atoms with van der Waals surface area (Å²) in [6.07, 6.45) is 0. The fraction of sp³-hybridized carbons (Fsp3) is 0.214. The molecule has 0 saturated heterocycles. The predicted molar refractivity (Wildman–Crippen MR) is 78.4 cm³/mol. The van der Waals surface area contributed by atoms with Crippen LogP contribution in [0.15, 0.2) is 23.6 Å². The molecule has 0 radical (unpaired) electrons. The number of rotatable bonds is 4. The van der Waals surface area contributed by atoms with E-state index in [2.05, 4.69) is 15.6 Å². The fourth-order valence-corrected chi connectivity index (χ4v) is 2.83. The first-order valence-electron chi connectivity index (χ1n) is 6.33. The molecule has 0 unspecified atom stereocenters. The fourth-order valence-electron chi connectivity index (χ4n) is 2.09. The molecule has 0 spiro atoms. The molecular weight excluding hydrogens is 290 g/mol. The summed E-state index contributed by atoms with van der Waals surface area (Å²) in [6, 6.07) is 5.29. The minimum absolute atomic E-state index is 0.114. The molecule has 1 aromatic carbocycles.